The van der Waals surface area contributed by atoms with E-state index in [0.717, 1.165) is 56.3 Å². The van der Waals surface area contributed by atoms with Gasteiger partial charge >= 0.3 is 6.03 Å². The molecule has 7 nitrogen and oxygen atoms in total. The summed E-state index contributed by atoms with van der Waals surface area (Å²) in [6.07, 6.45) is 8.29. The van der Waals surface area contributed by atoms with Gasteiger partial charge in [0.05, 0.1) is 13.2 Å². The highest BCUT2D eigenvalue weighted by Crippen LogP contribution is 2.39. The zero-order chi connectivity index (χ0) is 22.0. The second kappa shape index (κ2) is 8.89. The predicted molar refractivity (Wildman–Crippen MR) is 117 cm³/mol. The van der Waals surface area contributed by atoms with Crippen molar-refractivity contribution in [2.75, 3.05) is 27.2 Å². The summed E-state index contributed by atoms with van der Waals surface area (Å²) in [7, 11) is 3.35. The fraction of sp³-hybridized carbons (Fsp3) is 0.625. The first-order valence-electron chi connectivity index (χ1n) is 11.5. The van der Waals surface area contributed by atoms with E-state index in [4.69, 9.17) is 4.74 Å². The van der Waals surface area contributed by atoms with Crippen molar-refractivity contribution in [3.8, 4) is 5.75 Å². The van der Waals surface area contributed by atoms with Gasteiger partial charge in [-0.1, -0.05) is 44.2 Å². The lowest BCUT2D eigenvalue weighted by Gasteiger charge is -2.36. The number of hydrogen-bond donors (Lipinski definition) is 0. The molecule has 31 heavy (non-hydrogen) atoms. The molecule has 1 spiro atoms. The van der Waals surface area contributed by atoms with Gasteiger partial charge in [-0.2, -0.15) is 0 Å². The number of hydrogen-bond acceptors (Lipinski definition) is 4. The summed E-state index contributed by atoms with van der Waals surface area (Å²) in [4.78, 5) is 44.3. The molecule has 7 heteroatoms. The summed E-state index contributed by atoms with van der Waals surface area (Å²) >= 11 is 0. The van der Waals surface area contributed by atoms with Crippen LogP contribution in [-0.2, 0) is 9.59 Å². The smallest absolute Gasteiger partial charge is 0.327 e. The molecule has 0 unspecified atom stereocenters. The number of rotatable bonds is 4. The highest BCUT2D eigenvalue weighted by molar-refractivity contribution is 6.09. The van der Waals surface area contributed by atoms with Gasteiger partial charge in [-0.15, -0.1) is 0 Å². The van der Waals surface area contributed by atoms with Crippen molar-refractivity contribution in [1.29, 1.82) is 0 Å². The van der Waals surface area contributed by atoms with Gasteiger partial charge in [0.15, 0.2) is 0 Å². The van der Waals surface area contributed by atoms with Gasteiger partial charge in [-0.25, -0.2) is 4.79 Å². The number of imide groups is 1. The fourth-order valence-electron chi connectivity index (χ4n) is 5.48. The maximum absolute atomic E-state index is 13.4. The van der Waals surface area contributed by atoms with Crippen LogP contribution in [0, 0.1) is 0 Å². The first kappa shape index (κ1) is 21.7. The van der Waals surface area contributed by atoms with Crippen molar-refractivity contribution in [1.82, 2.24) is 14.7 Å². The summed E-state index contributed by atoms with van der Waals surface area (Å²) in [6, 6.07) is 7.46. The van der Waals surface area contributed by atoms with Crippen LogP contribution < -0.4 is 4.74 Å². The molecular formula is C24H33N3O4. The maximum atomic E-state index is 13.4. The molecule has 3 fully saturated rings. The quantitative estimate of drug-likeness (QED) is 0.687. The van der Waals surface area contributed by atoms with Crippen molar-refractivity contribution in [2.24, 2.45) is 0 Å². The standard InChI is InChI=1S/C24H33N3O4/c1-25-23(30)27(22(29)24(25)14-6-4-7-15-24)17-21(28)26-16-8-3-5-9-20(26)18-10-12-19(31-2)13-11-18/h10-13,20H,3-9,14-17H2,1-2H3/t20-/m0/s1. The van der Waals surface area contributed by atoms with Crippen LogP contribution >= 0.6 is 0 Å². The molecule has 0 aromatic heterocycles. The van der Waals surface area contributed by atoms with E-state index < -0.39 is 5.54 Å². The Morgan fingerprint density at radius 2 is 1.71 bits per heavy atom. The topological polar surface area (TPSA) is 70.2 Å². The molecule has 1 saturated carbocycles. The third-order valence-corrected chi connectivity index (χ3v) is 7.35. The van der Waals surface area contributed by atoms with Crippen LogP contribution in [0.25, 0.3) is 0 Å². The largest absolute Gasteiger partial charge is 0.497 e. The molecule has 2 saturated heterocycles. The highest BCUT2D eigenvalue weighted by Gasteiger charge is 2.56. The van der Waals surface area contributed by atoms with Gasteiger partial charge in [0, 0.05) is 13.6 Å². The van der Waals surface area contributed by atoms with Gasteiger partial charge in [0.25, 0.3) is 5.91 Å². The molecule has 4 rings (SSSR count). The zero-order valence-electron chi connectivity index (χ0n) is 18.6. The van der Waals surface area contributed by atoms with Crippen molar-refractivity contribution in [3.63, 3.8) is 0 Å². The van der Waals surface area contributed by atoms with Crippen LogP contribution in [-0.4, -0.2) is 65.3 Å². The number of ether oxygens (including phenoxy) is 1. The Morgan fingerprint density at radius 3 is 2.39 bits per heavy atom. The number of amides is 4. The van der Waals surface area contributed by atoms with Crippen LogP contribution in [0.2, 0.25) is 0 Å². The van der Waals surface area contributed by atoms with Crippen LogP contribution in [0.4, 0.5) is 4.79 Å². The van der Waals surface area contributed by atoms with Gasteiger partial charge in [0.1, 0.15) is 17.8 Å². The van der Waals surface area contributed by atoms with E-state index in [1.807, 2.05) is 29.2 Å². The van der Waals surface area contributed by atoms with Crippen molar-refractivity contribution >= 4 is 17.8 Å². The summed E-state index contributed by atoms with van der Waals surface area (Å²) < 4.78 is 5.27. The molecule has 1 atom stereocenters. The molecule has 0 radical (unpaired) electrons. The average molecular weight is 428 g/mol. The SMILES string of the molecule is COc1ccc([C@@H]2CCCCCN2C(=O)CN2C(=O)N(C)C3(CCCCC3)C2=O)cc1. The molecule has 1 aliphatic carbocycles. The average Bonchev–Trinajstić information content (AvgIpc) is 3.00. The Bertz CT molecular complexity index is 832. The number of likely N-dealkylation sites (N-methyl/N-ethyl adjacent to an activating group) is 1. The Hall–Kier alpha value is -2.57. The van der Waals surface area contributed by atoms with Crippen LogP contribution in [0.5, 0.6) is 5.75 Å². The summed E-state index contributed by atoms with van der Waals surface area (Å²) in [5.74, 6) is 0.443. The fourth-order valence-corrected chi connectivity index (χ4v) is 5.48. The molecular weight excluding hydrogens is 394 g/mol. The number of carbonyl (C=O) groups excluding carboxylic acids is 3. The second-order valence-electron chi connectivity index (χ2n) is 9.05. The van der Waals surface area contributed by atoms with Crippen molar-refractivity contribution in [2.45, 2.75) is 69.4 Å². The lowest BCUT2D eigenvalue weighted by Crippen LogP contribution is -2.49. The number of benzene rings is 1. The zero-order valence-corrected chi connectivity index (χ0v) is 18.6. The molecule has 0 N–H and O–H groups in total. The Morgan fingerprint density at radius 1 is 1.03 bits per heavy atom. The molecule has 2 heterocycles. The van der Waals surface area contributed by atoms with Gasteiger partial charge in [-0.05, 0) is 43.4 Å². The third-order valence-electron chi connectivity index (χ3n) is 7.35. The minimum atomic E-state index is -0.746. The second-order valence-corrected chi connectivity index (χ2v) is 9.05. The summed E-state index contributed by atoms with van der Waals surface area (Å²) in [5, 5.41) is 0. The Kier molecular flexibility index (Phi) is 6.21. The molecule has 2 aliphatic heterocycles. The van der Waals surface area contributed by atoms with Crippen LogP contribution in [0.3, 0.4) is 0 Å². The normalized spacial score (nSPS) is 23.9. The van der Waals surface area contributed by atoms with Crippen LogP contribution in [0.1, 0.15) is 69.4 Å². The summed E-state index contributed by atoms with van der Waals surface area (Å²) in [5.41, 5.74) is 0.319. The third kappa shape index (κ3) is 3.90. The van der Waals surface area contributed by atoms with E-state index in [-0.39, 0.29) is 30.4 Å². The number of methoxy groups -OCH3 is 1. The molecule has 1 aromatic rings. The number of likely N-dealkylation sites (tertiary alicyclic amines) is 1. The van der Waals surface area contributed by atoms with Gasteiger partial charge in [0.2, 0.25) is 5.91 Å². The van der Waals surface area contributed by atoms with Crippen LogP contribution in [0.15, 0.2) is 24.3 Å². The molecule has 168 valence electrons. The van der Waals surface area contributed by atoms with E-state index in [1.54, 1.807) is 19.1 Å². The lowest BCUT2D eigenvalue weighted by atomic mass is 9.81. The lowest BCUT2D eigenvalue weighted by molar-refractivity contribution is -0.141. The molecule has 4 amide bonds. The minimum absolute atomic E-state index is 0.0462. The van der Waals surface area contributed by atoms with Crippen molar-refractivity contribution < 1.29 is 19.1 Å². The van der Waals surface area contributed by atoms with Gasteiger partial charge in [-0.3, -0.25) is 14.5 Å². The van der Waals surface area contributed by atoms with E-state index in [0.29, 0.717) is 19.4 Å². The first-order chi connectivity index (χ1) is 15.0. The maximum Gasteiger partial charge on any atom is 0.327 e. The van der Waals surface area contributed by atoms with E-state index in [2.05, 4.69) is 0 Å². The van der Waals surface area contributed by atoms with E-state index in [1.165, 1.54) is 4.90 Å². The molecule has 3 aliphatic rings. The summed E-state index contributed by atoms with van der Waals surface area (Å²) in [6.45, 7) is 0.475. The first-order valence-corrected chi connectivity index (χ1v) is 11.5. The molecule has 0 bridgehead atoms. The molecule has 1 aromatic carbocycles. The predicted octanol–water partition coefficient (Wildman–Crippen LogP) is 3.74. The number of nitrogens with zero attached hydrogens (tertiary/aromatic N) is 3. The van der Waals surface area contributed by atoms with Gasteiger partial charge < -0.3 is 14.5 Å². The monoisotopic (exact) mass is 427 g/mol. The number of carbonyl (C=O) groups is 3. The minimum Gasteiger partial charge on any atom is -0.497 e. The van der Waals surface area contributed by atoms with Crippen molar-refractivity contribution in [3.05, 3.63) is 29.8 Å². The van der Waals surface area contributed by atoms with E-state index >= 15 is 0 Å². The Balaban J connectivity index is 1.53. The Labute approximate surface area is 184 Å². The highest BCUT2D eigenvalue weighted by atomic mass is 16.5. The van der Waals surface area contributed by atoms with E-state index in [9.17, 15) is 14.4 Å². The number of urea groups is 1.